The molecule has 0 aromatic heterocycles. The highest BCUT2D eigenvalue weighted by atomic mass is 32.2. The molecule has 0 saturated heterocycles. The number of hydrogen-bond donors (Lipinski definition) is 2. The zero-order valence-corrected chi connectivity index (χ0v) is 10.4. The van der Waals surface area contributed by atoms with Gasteiger partial charge in [0.15, 0.2) is 0 Å². The molecule has 92 valence electrons. The lowest BCUT2D eigenvalue weighted by Gasteiger charge is -2.14. The number of carbonyl (C=O) groups is 2. The average molecular weight is 245 g/mol. The summed E-state index contributed by atoms with van der Waals surface area (Å²) in [5.74, 6) is -0.414. The summed E-state index contributed by atoms with van der Waals surface area (Å²) >= 11 is 1.84. The van der Waals surface area contributed by atoms with Gasteiger partial charge in [0.25, 0.3) is 0 Å². The number of aliphatic carboxylic acids is 1. The molecule has 1 unspecified atom stereocenters. The topological polar surface area (TPSA) is 66.4 Å². The number of thioether (sulfide) groups is 1. The maximum Gasteiger partial charge on any atom is 0.326 e. The van der Waals surface area contributed by atoms with E-state index in [1.807, 2.05) is 11.8 Å². The summed E-state index contributed by atoms with van der Waals surface area (Å²) in [6.45, 7) is 1.35. The van der Waals surface area contributed by atoms with E-state index in [1.165, 1.54) is 32.6 Å². The Kier molecular flexibility index (Phi) is 5.66. The summed E-state index contributed by atoms with van der Waals surface area (Å²) in [5.41, 5.74) is 0. The number of carboxylic acids is 1. The van der Waals surface area contributed by atoms with Crippen molar-refractivity contribution in [3.63, 3.8) is 0 Å². The first-order valence-electron chi connectivity index (χ1n) is 5.71. The van der Waals surface area contributed by atoms with Gasteiger partial charge in [-0.25, -0.2) is 4.79 Å². The molecule has 0 aromatic rings. The molecular weight excluding hydrogens is 226 g/mol. The third-order valence-electron chi connectivity index (χ3n) is 2.74. The van der Waals surface area contributed by atoms with E-state index in [0.717, 1.165) is 5.75 Å². The van der Waals surface area contributed by atoms with Crippen LogP contribution in [0.1, 0.15) is 39.0 Å². The molecule has 0 bridgehead atoms. The molecule has 0 radical (unpaired) electrons. The molecule has 4 nitrogen and oxygen atoms in total. The molecule has 0 aliphatic heterocycles. The normalized spacial score (nSPS) is 18.3. The van der Waals surface area contributed by atoms with Crippen LogP contribution < -0.4 is 5.32 Å². The zero-order valence-electron chi connectivity index (χ0n) is 9.57. The van der Waals surface area contributed by atoms with Gasteiger partial charge < -0.3 is 10.4 Å². The van der Waals surface area contributed by atoms with Crippen molar-refractivity contribution in [2.24, 2.45) is 0 Å². The Bertz CT molecular complexity index is 252. The number of carboxylic acid groups (broad SMARTS) is 1. The molecule has 0 spiro atoms. The standard InChI is InChI=1S/C11H19NO3S/c1-8(13)12-10(11(14)15)6-7-16-9-4-2-3-5-9/h9-10H,2-7H2,1H3,(H,12,13)(H,14,15). The molecule has 1 aliphatic carbocycles. The minimum atomic E-state index is -0.942. The van der Waals surface area contributed by atoms with E-state index in [0.29, 0.717) is 11.7 Å². The van der Waals surface area contributed by atoms with Crippen LogP contribution in [0.2, 0.25) is 0 Å². The summed E-state index contributed by atoms with van der Waals surface area (Å²) in [5, 5.41) is 12.0. The monoisotopic (exact) mass is 245 g/mol. The van der Waals surface area contributed by atoms with E-state index in [1.54, 1.807) is 0 Å². The smallest absolute Gasteiger partial charge is 0.326 e. The summed E-state index contributed by atoms with van der Waals surface area (Å²) in [6, 6.07) is -0.730. The zero-order chi connectivity index (χ0) is 12.0. The molecule has 0 heterocycles. The minimum Gasteiger partial charge on any atom is -0.480 e. The first kappa shape index (κ1) is 13.4. The first-order chi connectivity index (χ1) is 7.59. The summed E-state index contributed by atoms with van der Waals surface area (Å²) in [4.78, 5) is 21.6. The highest BCUT2D eigenvalue weighted by Crippen LogP contribution is 2.29. The maximum atomic E-state index is 10.8. The van der Waals surface area contributed by atoms with E-state index in [2.05, 4.69) is 5.32 Å². The lowest BCUT2D eigenvalue weighted by molar-refractivity contribution is -0.141. The Morgan fingerprint density at radius 3 is 2.56 bits per heavy atom. The molecule has 16 heavy (non-hydrogen) atoms. The van der Waals surface area contributed by atoms with Crippen molar-refractivity contribution in [3.05, 3.63) is 0 Å². The van der Waals surface area contributed by atoms with Gasteiger partial charge in [0.1, 0.15) is 6.04 Å². The van der Waals surface area contributed by atoms with Gasteiger partial charge in [-0.1, -0.05) is 12.8 Å². The largest absolute Gasteiger partial charge is 0.480 e. The predicted octanol–water partition coefficient (Wildman–Crippen LogP) is 1.64. The maximum absolute atomic E-state index is 10.8. The van der Waals surface area contributed by atoms with Crippen molar-refractivity contribution >= 4 is 23.6 Å². The highest BCUT2D eigenvalue weighted by Gasteiger charge is 2.20. The van der Waals surface area contributed by atoms with Crippen LogP contribution in [-0.2, 0) is 9.59 Å². The van der Waals surface area contributed by atoms with Gasteiger partial charge in [0.05, 0.1) is 0 Å². The van der Waals surface area contributed by atoms with Crippen LogP contribution in [0.15, 0.2) is 0 Å². The molecule has 1 fully saturated rings. The van der Waals surface area contributed by atoms with Gasteiger partial charge in [-0.15, -0.1) is 0 Å². The Balaban J connectivity index is 2.21. The third-order valence-corrected chi connectivity index (χ3v) is 4.15. The van der Waals surface area contributed by atoms with Crippen molar-refractivity contribution in [2.45, 2.75) is 50.3 Å². The Labute approximate surface area is 100 Å². The van der Waals surface area contributed by atoms with Crippen molar-refractivity contribution < 1.29 is 14.7 Å². The predicted molar refractivity (Wildman–Crippen MR) is 64.6 cm³/mol. The molecule has 0 aromatic carbocycles. The minimum absolute atomic E-state index is 0.279. The fourth-order valence-electron chi connectivity index (χ4n) is 1.91. The number of hydrogen-bond acceptors (Lipinski definition) is 3. The summed E-state index contributed by atoms with van der Waals surface area (Å²) < 4.78 is 0. The lowest BCUT2D eigenvalue weighted by atomic mass is 10.2. The van der Waals surface area contributed by atoms with Gasteiger partial charge in [-0.2, -0.15) is 11.8 Å². The second-order valence-corrected chi connectivity index (χ2v) is 5.57. The van der Waals surface area contributed by atoms with Crippen LogP contribution in [0.3, 0.4) is 0 Å². The van der Waals surface area contributed by atoms with Crippen LogP contribution in [0, 0.1) is 0 Å². The van der Waals surface area contributed by atoms with Crippen LogP contribution in [0.5, 0.6) is 0 Å². The number of carbonyl (C=O) groups excluding carboxylic acids is 1. The SMILES string of the molecule is CC(=O)NC(CCSC1CCCC1)C(=O)O. The van der Waals surface area contributed by atoms with E-state index >= 15 is 0 Å². The van der Waals surface area contributed by atoms with Crippen LogP contribution in [0.25, 0.3) is 0 Å². The molecule has 1 amide bonds. The average Bonchev–Trinajstić information content (AvgIpc) is 2.68. The highest BCUT2D eigenvalue weighted by molar-refractivity contribution is 7.99. The van der Waals surface area contributed by atoms with Crippen LogP contribution >= 0.6 is 11.8 Å². The fraction of sp³-hybridized carbons (Fsp3) is 0.818. The number of rotatable bonds is 6. The first-order valence-corrected chi connectivity index (χ1v) is 6.76. The molecule has 1 rings (SSSR count). The van der Waals surface area contributed by atoms with Crippen molar-refractivity contribution in [3.8, 4) is 0 Å². The third kappa shape index (κ3) is 4.88. The van der Waals surface area contributed by atoms with Crippen molar-refractivity contribution in [1.29, 1.82) is 0 Å². The molecule has 5 heteroatoms. The van der Waals surface area contributed by atoms with E-state index < -0.39 is 12.0 Å². The van der Waals surface area contributed by atoms with Gasteiger partial charge in [0.2, 0.25) is 5.91 Å². The van der Waals surface area contributed by atoms with Crippen LogP contribution in [0.4, 0.5) is 0 Å². The number of nitrogens with one attached hydrogen (secondary N) is 1. The van der Waals surface area contributed by atoms with Crippen molar-refractivity contribution in [1.82, 2.24) is 5.32 Å². The quantitative estimate of drug-likeness (QED) is 0.746. The molecular formula is C11H19NO3S. The van der Waals surface area contributed by atoms with Gasteiger partial charge in [-0.3, -0.25) is 4.79 Å². The second-order valence-electron chi connectivity index (χ2n) is 4.16. The van der Waals surface area contributed by atoms with Crippen LogP contribution in [-0.4, -0.2) is 34.0 Å². The van der Waals surface area contributed by atoms with Crippen molar-refractivity contribution in [2.75, 3.05) is 5.75 Å². The number of amides is 1. The lowest BCUT2D eigenvalue weighted by Crippen LogP contribution is -2.40. The molecule has 2 N–H and O–H groups in total. The van der Waals surface area contributed by atoms with E-state index in [4.69, 9.17) is 5.11 Å². The Morgan fingerprint density at radius 2 is 2.06 bits per heavy atom. The fourth-order valence-corrected chi connectivity index (χ4v) is 3.28. The van der Waals surface area contributed by atoms with Gasteiger partial charge in [0, 0.05) is 12.2 Å². The van der Waals surface area contributed by atoms with E-state index in [-0.39, 0.29) is 5.91 Å². The molecule has 1 aliphatic rings. The Morgan fingerprint density at radius 1 is 1.44 bits per heavy atom. The van der Waals surface area contributed by atoms with Gasteiger partial charge in [-0.05, 0) is 25.0 Å². The summed E-state index contributed by atoms with van der Waals surface area (Å²) in [6.07, 6.45) is 5.61. The second kappa shape index (κ2) is 6.78. The summed E-state index contributed by atoms with van der Waals surface area (Å²) in [7, 11) is 0. The van der Waals surface area contributed by atoms with Gasteiger partial charge >= 0.3 is 5.97 Å². The molecule has 1 atom stereocenters. The Hall–Kier alpha value is -0.710. The molecule has 1 saturated carbocycles. The van der Waals surface area contributed by atoms with E-state index in [9.17, 15) is 9.59 Å².